The number of esters is 1. The summed E-state index contributed by atoms with van der Waals surface area (Å²) in [7, 11) is 2.91. The molecule has 1 aliphatic rings. The van der Waals surface area contributed by atoms with Crippen molar-refractivity contribution in [3.8, 4) is 28.7 Å². The fourth-order valence-corrected chi connectivity index (χ4v) is 5.13. The molecule has 1 aliphatic heterocycles. The Morgan fingerprint density at radius 1 is 1.02 bits per heavy atom. The van der Waals surface area contributed by atoms with Gasteiger partial charge >= 0.3 is 5.97 Å². The SMILES string of the molecule is COCCn1c(Cc2ccc(-c3cccc4c3OC(c3ccc(C#N)cc3F)O4)cc2F)nc2ccc(C(=O)OC)cc21. The van der Waals surface area contributed by atoms with Crippen molar-refractivity contribution >= 4 is 17.0 Å². The summed E-state index contributed by atoms with van der Waals surface area (Å²) in [6.45, 7) is 0.859. The van der Waals surface area contributed by atoms with Crippen LogP contribution < -0.4 is 9.47 Å². The molecule has 4 aromatic carbocycles. The maximum absolute atomic E-state index is 15.6. The summed E-state index contributed by atoms with van der Waals surface area (Å²) in [6, 6.07) is 21.2. The Kier molecular flexibility index (Phi) is 7.49. The number of carbonyl (C=O) groups is 1. The maximum Gasteiger partial charge on any atom is 0.337 e. The van der Waals surface area contributed by atoms with Crippen LogP contribution in [0, 0.1) is 23.0 Å². The molecule has 10 heteroatoms. The predicted octanol–water partition coefficient (Wildman–Crippen LogP) is 6.35. The average molecular weight is 582 g/mol. The number of benzene rings is 4. The Hall–Kier alpha value is -5.27. The number of hydrogen-bond donors (Lipinski definition) is 0. The lowest BCUT2D eigenvalue weighted by molar-refractivity contribution is 0.0456. The van der Waals surface area contributed by atoms with E-state index >= 15 is 4.39 Å². The number of aromatic nitrogens is 2. The third-order valence-corrected chi connectivity index (χ3v) is 7.30. The quantitative estimate of drug-likeness (QED) is 0.197. The smallest absolute Gasteiger partial charge is 0.337 e. The molecule has 0 aliphatic carbocycles. The van der Waals surface area contributed by atoms with Gasteiger partial charge in [0.25, 0.3) is 6.29 Å². The van der Waals surface area contributed by atoms with Gasteiger partial charge in [-0.2, -0.15) is 5.26 Å². The topological polar surface area (TPSA) is 95.6 Å². The summed E-state index contributed by atoms with van der Waals surface area (Å²) < 4.78 is 54.2. The molecule has 1 aromatic heterocycles. The summed E-state index contributed by atoms with van der Waals surface area (Å²) in [6.07, 6.45) is -0.849. The first-order chi connectivity index (χ1) is 20.9. The molecule has 1 atom stereocenters. The number of rotatable bonds is 8. The zero-order valence-corrected chi connectivity index (χ0v) is 23.3. The van der Waals surface area contributed by atoms with Crippen LogP contribution in [0.3, 0.4) is 0 Å². The van der Waals surface area contributed by atoms with E-state index < -0.39 is 23.9 Å². The van der Waals surface area contributed by atoms with Gasteiger partial charge in [0.1, 0.15) is 17.5 Å². The van der Waals surface area contributed by atoms with Gasteiger partial charge in [-0.15, -0.1) is 0 Å². The van der Waals surface area contributed by atoms with Crippen LogP contribution in [0.1, 0.15) is 39.2 Å². The lowest BCUT2D eigenvalue weighted by Gasteiger charge is -2.13. The molecule has 5 aromatic rings. The Bertz CT molecular complexity index is 1910. The minimum absolute atomic E-state index is 0.151. The molecule has 1 unspecified atom stereocenters. The number of nitrogens with zero attached hydrogens (tertiary/aromatic N) is 3. The van der Waals surface area contributed by atoms with Crippen LogP contribution in [0.2, 0.25) is 0 Å². The molecular weight excluding hydrogens is 556 g/mol. The summed E-state index contributed by atoms with van der Waals surface area (Å²) >= 11 is 0. The zero-order valence-electron chi connectivity index (χ0n) is 23.3. The van der Waals surface area contributed by atoms with Gasteiger partial charge < -0.3 is 23.5 Å². The monoisotopic (exact) mass is 581 g/mol. The molecule has 0 saturated heterocycles. The van der Waals surface area contributed by atoms with Crippen molar-refractivity contribution in [3.05, 3.63) is 113 Å². The van der Waals surface area contributed by atoms with Crippen molar-refractivity contribution < 1.29 is 32.5 Å². The standard InChI is InChI=1S/C33H25F2N3O5/c1-40-13-12-38-28-16-22(32(39)41-2)9-11-27(28)37-30(38)17-21-8-7-20(15-25(21)34)23-4-3-5-29-31(23)43-33(42-29)24-10-6-19(18-36)14-26(24)35/h3-11,14-16,33H,12-13,17H2,1-2H3. The molecule has 0 N–H and O–H groups in total. The first-order valence-corrected chi connectivity index (χ1v) is 13.4. The van der Waals surface area contributed by atoms with E-state index in [4.69, 9.17) is 29.2 Å². The van der Waals surface area contributed by atoms with Gasteiger partial charge in [0.15, 0.2) is 11.5 Å². The van der Waals surface area contributed by atoms with Gasteiger partial charge in [0.2, 0.25) is 0 Å². The van der Waals surface area contributed by atoms with Crippen LogP contribution >= 0.6 is 0 Å². The highest BCUT2D eigenvalue weighted by molar-refractivity contribution is 5.93. The largest absolute Gasteiger partial charge is 0.465 e. The molecule has 6 rings (SSSR count). The second-order valence-electron chi connectivity index (χ2n) is 9.90. The molecule has 43 heavy (non-hydrogen) atoms. The number of fused-ring (bicyclic) bond motifs is 2. The van der Waals surface area contributed by atoms with Crippen LogP contribution in [0.4, 0.5) is 8.78 Å². The average Bonchev–Trinajstić information content (AvgIpc) is 3.61. The van der Waals surface area contributed by atoms with E-state index in [1.165, 1.54) is 25.3 Å². The molecular formula is C33H25F2N3O5. The van der Waals surface area contributed by atoms with Gasteiger partial charge in [0.05, 0.1) is 47.5 Å². The maximum atomic E-state index is 15.6. The third-order valence-electron chi connectivity index (χ3n) is 7.30. The minimum Gasteiger partial charge on any atom is -0.465 e. The Labute approximate surface area is 245 Å². The summed E-state index contributed by atoms with van der Waals surface area (Å²) in [5, 5.41) is 9.03. The first-order valence-electron chi connectivity index (χ1n) is 13.4. The Morgan fingerprint density at radius 2 is 1.88 bits per heavy atom. The van der Waals surface area contributed by atoms with Crippen molar-refractivity contribution in [2.24, 2.45) is 0 Å². The second kappa shape index (κ2) is 11.5. The van der Waals surface area contributed by atoms with Gasteiger partial charge in [-0.05, 0) is 59.7 Å². The molecule has 0 fully saturated rings. The Balaban J connectivity index is 1.29. The van der Waals surface area contributed by atoms with Crippen molar-refractivity contribution in [1.82, 2.24) is 9.55 Å². The molecule has 0 amide bonds. The minimum atomic E-state index is -1.05. The van der Waals surface area contributed by atoms with Crippen molar-refractivity contribution in [3.63, 3.8) is 0 Å². The lowest BCUT2D eigenvalue weighted by Crippen LogP contribution is -2.10. The molecule has 0 saturated carbocycles. The zero-order chi connectivity index (χ0) is 30.1. The van der Waals surface area contributed by atoms with E-state index in [9.17, 15) is 9.18 Å². The van der Waals surface area contributed by atoms with Crippen LogP contribution in [-0.2, 0) is 22.4 Å². The fraction of sp³-hybridized carbons (Fsp3) is 0.182. The summed E-state index contributed by atoms with van der Waals surface area (Å²) in [5.41, 5.74) is 3.68. The highest BCUT2D eigenvalue weighted by Gasteiger charge is 2.31. The molecule has 0 radical (unpaired) electrons. The van der Waals surface area contributed by atoms with E-state index in [2.05, 4.69) is 0 Å². The van der Waals surface area contributed by atoms with E-state index in [0.717, 1.165) is 11.6 Å². The highest BCUT2D eigenvalue weighted by atomic mass is 19.1. The number of ether oxygens (including phenoxy) is 4. The van der Waals surface area contributed by atoms with Crippen molar-refractivity contribution in [2.45, 2.75) is 19.3 Å². The fourth-order valence-electron chi connectivity index (χ4n) is 5.13. The van der Waals surface area contributed by atoms with Crippen LogP contribution in [0.15, 0.2) is 72.8 Å². The number of carbonyl (C=O) groups excluding carboxylic acids is 1. The van der Waals surface area contributed by atoms with E-state index in [1.807, 2.05) is 10.6 Å². The number of methoxy groups -OCH3 is 2. The molecule has 2 heterocycles. The molecule has 8 nitrogen and oxygen atoms in total. The first kappa shape index (κ1) is 27.9. The normalized spacial score (nSPS) is 13.7. The number of hydrogen-bond acceptors (Lipinski definition) is 7. The van der Waals surface area contributed by atoms with Gasteiger partial charge in [-0.3, -0.25) is 0 Å². The predicted molar refractivity (Wildman–Crippen MR) is 153 cm³/mol. The Morgan fingerprint density at radius 3 is 2.63 bits per heavy atom. The van der Waals surface area contributed by atoms with E-state index in [-0.39, 0.29) is 17.5 Å². The van der Waals surface area contributed by atoms with Crippen molar-refractivity contribution in [1.29, 1.82) is 5.26 Å². The number of imidazole rings is 1. The van der Waals surface area contributed by atoms with E-state index in [0.29, 0.717) is 58.2 Å². The van der Waals surface area contributed by atoms with Crippen LogP contribution in [0.25, 0.3) is 22.2 Å². The third kappa shape index (κ3) is 5.27. The van der Waals surface area contributed by atoms with Crippen molar-refractivity contribution in [2.75, 3.05) is 20.8 Å². The number of nitriles is 1. The molecule has 216 valence electrons. The highest BCUT2D eigenvalue weighted by Crippen LogP contribution is 2.47. The molecule has 0 bridgehead atoms. The van der Waals surface area contributed by atoms with Crippen LogP contribution in [0.5, 0.6) is 11.5 Å². The summed E-state index contributed by atoms with van der Waals surface area (Å²) in [4.78, 5) is 16.8. The van der Waals surface area contributed by atoms with Crippen LogP contribution in [-0.4, -0.2) is 36.3 Å². The lowest BCUT2D eigenvalue weighted by atomic mass is 10.0. The van der Waals surface area contributed by atoms with Gasteiger partial charge in [0, 0.05) is 25.6 Å². The summed E-state index contributed by atoms with van der Waals surface area (Å²) in [5.74, 6) is -0.138. The number of para-hydroxylation sites is 1. The van der Waals surface area contributed by atoms with E-state index in [1.54, 1.807) is 55.6 Å². The second-order valence-corrected chi connectivity index (χ2v) is 9.90. The van der Waals surface area contributed by atoms with Gasteiger partial charge in [-0.25, -0.2) is 18.6 Å². The number of halogens is 2. The molecule has 0 spiro atoms. The van der Waals surface area contributed by atoms with Gasteiger partial charge in [-0.1, -0.05) is 24.3 Å².